The summed E-state index contributed by atoms with van der Waals surface area (Å²) < 4.78 is 0. The zero-order valence-corrected chi connectivity index (χ0v) is 16.7. The molecule has 0 bridgehead atoms. The standard InChI is InChI=1S/C23H25N3O2/c1-15-19-7-5-6-8-21(19)25-16(2)20(15)13-22(27)24-14-17-9-11-18(12-10-17)23(28)26(3)4/h5-12H,13-14H2,1-4H3,(H,24,27). The first-order valence-corrected chi connectivity index (χ1v) is 9.29. The molecule has 2 amide bonds. The molecule has 0 fully saturated rings. The number of rotatable bonds is 5. The van der Waals surface area contributed by atoms with Gasteiger partial charge in [0.05, 0.1) is 11.9 Å². The van der Waals surface area contributed by atoms with Crippen molar-refractivity contribution in [1.29, 1.82) is 0 Å². The van der Waals surface area contributed by atoms with Gasteiger partial charge < -0.3 is 10.2 Å². The number of carbonyl (C=O) groups excluding carboxylic acids is 2. The SMILES string of the molecule is Cc1nc2ccccc2c(C)c1CC(=O)NCc1ccc(C(=O)N(C)C)cc1. The quantitative estimate of drug-likeness (QED) is 0.743. The van der Waals surface area contributed by atoms with E-state index in [1.54, 1.807) is 31.1 Å². The van der Waals surface area contributed by atoms with Crippen molar-refractivity contribution in [2.75, 3.05) is 14.1 Å². The first-order chi connectivity index (χ1) is 13.4. The fraction of sp³-hybridized carbons (Fsp3) is 0.261. The number of nitrogens with zero attached hydrogens (tertiary/aromatic N) is 2. The van der Waals surface area contributed by atoms with Gasteiger partial charge in [-0.2, -0.15) is 0 Å². The summed E-state index contributed by atoms with van der Waals surface area (Å²) in [7, 11) is 3.45. The van der Waals surface area contributed by atoms with Gasteiger partial charge in [-0.1, -0.05) is 30.3 Å². The Hall–Kier alpha value is -3.21. The number of hydrogen-bond acceptors (Lipinski definition) is 3. The summed E-state index contributed by atoms with van der Waals surface area (Å²) in [5.74, 6) is -0.0814. The minimum Gasteiger partial charge on any atom is -0.352 e. The van der Waals surface area contributed by atoms with E-state index in [1.165, 1.54) is 0 Å². The highest BCUT2D eigenvalue weighted by atomic mass is 16.2. The van der Waals surface area contributed by atoms with Crippen LogP contribution in [0.15, 0.2) is 48.5 Å². The van der Waals surface area contributed by atoms with Gasteiger partial charge in [-0.05, 0) is 48.7 Å². The van der Waals surface area contributed by atoms with Gasteiger partial charge in [0.15, 0.2) is 0 Å². The number of pyridine rings is 1. The second kappa shape index (κ2) is 8.21. The second-order valence-corrected chi connectivity index (χ2v) is 7.17. The molecule has 1 N–H and O–H groups in total. The van der Waals surface area contributed by atoms with Crippen molar-refractivity contribution in [1.82, 2.24) is 15.2 Å². The molecule has 3 aromatic rings. The maximum Gasteiger partial charge on any atom is 0.253 e. The Morgan fingerprint density at radius 2 is 1.68 bits per heavy atom. The molecule has 0 aliphatic rings. The van der Waals surface area contributed by atoms with Crippen LogP contribution in [-0.2, 0) is 17.8 Å². The maximum absolute atomic E-state index is 12.5. The van der Waals surface area contributed by atoms with E-state index in [-0.39, 0.29) is 11.8 Å². The maximum atomic E-state index is 12.5. The van der Waals surface area contributed by atoms with Gasteiger partial charge in [0.25, 0.3) is 5.91 Å². The number of amides is 2. The van der Waals surface area contributed by atoms with E-state index in [4.69, 9.17) is 0 Å². The molecule has 144 valence electrons. The molecular weight excluding hydrogens is 350 g/mol. The zero-order chi connectivity index (χ0) is 20.3. The number of para-hydroxylation sites is 1. The van der Waals surface area contributed by atoms with Crippen LogP contribution in [0.5, 0.6) is 0 Å². The van der Waals surface area contributed by atoms with Crippen molar-refractivity contribution in [3.05, 3.63) is 76.5 Å². The first kappa shape index (κ1) is 19.5. The molecule has 0 aliphatic carbocycles. The lowest BCUT2D eigenvalue weighted by Crippen LogP contribution is -2.25. The van der Waals surface area contributed by atoms with E-state index in [0.717, 1.165) is 33.3 Å². The van der Waals surface area contributed by atoms with Crippen molar-refractivity contribution in [3.63, 3.8) is 0 Å². The number of aryl methyl sites for hydroxylation is 2. The van der Waals surface area contributed by atoms with Gasteiger partial charge in [0.2, 0.25) is 5.91 Å². The molecule has 0 atom stereocenters. The minimum atomic E-state index is -0.0447. The average molecular weight is 375 g/mol. The molecule has 5 heteroatoms. The van der Waals surface area contributed by atoms with E-state index in [0.29, 0.717) is 18.5 Å². The number of aromatic nitrogens is 1. The van der Waals surface area contributed by atoms with Gasteiger partial charge in [-0.25, -0.2) is 0 Å². The molecule has 1 aromatic heterocycles. The van der Waals surface area contributed by atoms with E-state index in [9.17, 15) is 9.59 Å². The molecule has 0 unspecified atom stereocenters. The molecule has 28 heavy (non-hydrogen) atoms. The summed E-state index contributed by atoms with van der Waals surface area (Å²) in [6.07, 6.45) is 0.298. The Kier molecular flexibility index (Phi) is 5.73. The van der Waals surface area contributed by atoms with Crippen molar-refractivity contribution in [2.45, 2.75) is 26.8 Å². The van der Waals surface area contributed by atoms with E-state index < -0.39 is 0 Å². The zero-order valence-electron chi connectivity index (χ0n) is 16.7. The molecule has 0 radical (unpaired) electrons. The Labute approximate surface area is 165 Å². The molecule has 5 nitrogen and oxygen atoms in total. The fourth-order valence-electron chi connectivity index (χ4n) is 3.28. The lowest BCUT2D eigenvalue weighted by Gasteiger charge is -2.13. The Morgan fingerprint density at radius 1 is 1.00 bits per heavy atom. The largest absolute Gasteiger partial charge is 0.352 e. The smallest absolute Gasteiger partial charge is 0.253 e. The van der Waals surface area contributed by atoms with Crippen molar-refractivity contribution in [3.8, 4) is 0 Å². The monoisotopic (exact) mass is 375 g/mol. The van der Waals surface area contributed by atoms with Crippen molar-refractivity contribution in [2.24, 2.45) is 0 Å². The van der Waals surface area contributed by atoms with Gasteiger partial charge in [-0.15, -0.1) is 0 Å². The van der Waals surface area contributed by atoms with Crippen LogP contribution in [0.2, 0.25) is 0 Å². The lowest BCUT2D eigenvalue weighted by molar-refractivity contribution is -0.120. The summed E-state index contributed by atoms with van der Waals surface area (Å²) >= 11 is 0. The molecule has 1 heterocycles. The van der Waals surface area contributed by atoms with E-state index >= 15 is 0 Å². The number of fused-ring (bicyclic) bond motifs is 1. The number of carbonyl (C=O) groups is 2. The van der Waals surface area contributed by atoms with Crippen LogP contribution < -0.4 is 5.32 Å². The highest BCUT2D eigenvalue weighted by Gasteiger charge is 2.13. The van der Waals surface area contributed by atoms with Gasteiger partial charge in [-0.3, -0.25) is 14.6 Å². The summed E-state index contributed by atoms with van der Waals surface area (Å²) in [5.41, 5.74) is 5.50. The van der Waals surface area contributed by atoms with Crippen LogP contribution >= 0.6 is 0 Å². The summed E-state index contributed by atoms with van der Waals surface area (Å²) in [6.45, 7) is 4.41. The third kappa shape index (κ3) is 4.19. The number of benzene rings is 2. The predicted octanol–water partition coefficient (Wildman–Crippen LogP) is 3.41. The Balaban J connectivity index is 1.66. The molecule has 0 saturated heterocycles. The highest BCUT2D eigenvalue weighted by molar-refractivity contribution is 5.93. The molecule has 0 spiro atoms. The normalized spacial score (nSPS) is 10.7. The second-order valence-electron chi connectivity index (χ2n) is 7.17. The molecular formula is C23H25N3O2. The summed E-state index contributed by atoms with van der Waals surface area (Å²) in [5, 5.41) is 4.04. The van der Waals surface area contributed by atoms with Gasteiger partial charge in [0.1, 0.15) is 0 Å². The van der Waals surface area contributed by atoms with E-state index in [1.807, 2.05) is 50.2 Å². The van der Waals surface area contributed by atoms with Crippen LogP contribution in [0.3, 0.4) is 0 Å². The average Bonchev–Trinajstić information content (AvgIpc) is 2.69. The Bertz CT molecular complexity index is 1020. The van der Waals surface area contributed by atoms with Crippen LogP contribution in [0.25, 0.3) is 10.9 Å². The molecule has 0 saturated carbocycles. The van der Waals surface area contributed by atoms with Crippen LogP contribution in [0.1, 0.15) is 32.7 Å². The highest BCUT2D eigenvalue weighted by Crippen LogP contribution is 2.22. The van der Waals surface area contributed by atoms with Crippen LogP contribution in [0.4, 0.5) is 0 Å². The third-order valence-corrected chi connectivity index (χ3v) is 4.92. The number of hydrogen-bond donors (Lipinski definition) is 1. The van der Waals surface area contributed by atoms with Gasteiger partial charge in [0, 0.05) is 37.3 Å². The molecule has 0 aliphatic heterocycles. The minimum absolute atomic E-state index is 0.0367. The predicted molar refractivity (Wildman–Crippen MR) is 111 cm³/mol. The first-order valence-electron chi connectivity index (χ1n) is 9.29. The summed E-state index contributed by atoms with van der Waals surface area (Å²) in [6, 6.07) is 15.3. The van der Waals surface area contributed by atoms with Crippen LogP contribution in [0, 0.1) is 13.8 Å². The Morgan fingerprint density at radius 3 is 2.36 bits per heavy atom. The number of nitrogens with one attached hydrogen (secondary N) is 1. The molecule has 3 rings (SSSR count). The third-order valence-electron chi connectivity index (χ3n) is 4.92. The van der Waals surface area contributed by atoms with Gasteiger partial charge >= 0.3 is 0 Å². The summed E-state index contributed by atoms with van der Waals surface area (Å²) in [4.78, 5) is 30.6. The van der Waals surface area contributed by atoms with Crippen molar-refractivity contribution < 1.29 is 9.59 Å². The lowest BCUT2D eigenvalue weighted by atomic mass is 9.99. The molecule has 2 aromatic carbocycles. The topological polar surface area (TPSA) is 62.3 Å². The fourth-order valence-corrected chi connectivity index (χ4v) is 3.28. The van der Waals surface area contributed by atoms with Crippen molar-refractivity contribution >= 4 is 22.7 Å². The van der Waals surface area contributed by atoms with Crippen LogP contribution in [-0.4, -0.2) is 35.8 Å². The van der Waals surface area contributed by atoms with E-state index in [2.05, 4.69) is 10.3 Å².